The van der Waals surface area contributed by atoms with E-state index in [1.807, 2.05) is 4.90 Å². The first kappa shape index (κ1) is 21.9. The van der Waals surface area contributed by atoms with E-state index in [0.717, 1.165) is 58.5 Å². The number of nitrogens with zero attached hydrogens (tertiary/aromatic N) is 2. The molecule has 0 spiro atoms. The smallest absolute Gasteiger partial charge is 0.224 e. The van der Waals surface area contributed by atoms with Gasteiger partial charge in [-0.1, -0.05) is 0 Å². The molecule has 3 fully saturated rings. The first-order valence-electron chi connectivity index (χ1n) is 8.70. The molecule has 0 aromatic rings. The van der Waals surface area contributed by atoms with Crippen molar-refractivity contribution in [2.24, 2.45) is 5.92 Å². The van der Waals surface area contributed by atoms with Gasteiger partial charge in [-0.25, -0.2) is 0 Å². The van der Waals surface area contributed by atoms with Gasteiger partial charge in [-0.3, -0.25) is 9.69 Å². The number of amides is 1. The van der Waals surface area contributed by atoms with Gasteiger partial charge in [0.1, 0.15) is 0 Å². The van der Waals surface area contributed by atoms with E-state index in [4.69, 9.17) is 9.47 Å². The molecule has 3 rings (SSSR count). The van der Waals surface area contributed by atoms with Crippen LogP contribution in [0.3, 0.4) is 0 Å². The molecule has 1 unspecified atom stereocenters. The fraction of sp³-hybridized carbons (Fsp3) is 0.938. The van der Waals surface area contributed by atoms with E-state index in [-0.39, 0.29) is 36.8 Å². The van der Waals surface area contributed by atoms with Gasteiger partial charge in [0, 0.05) is 64.9 Å². The summed E-state index contributed by atoms with van der Waals surface area (Å²) in [6.45, 7) is 9.05. The summed E-state index contributed by atoms with van der Waals surface area (Å²) >= 11 is 0. The molecule has 3 aliphatic rings. The largest absolute Gasteiger partial charge is 0.381 e. The van der Waals surface area contributed by atoms with Gasteiger partial charge in [-0.2, -0.15) is 0 Å². The maximum Gasteiger partial charge on any atom is 0.224 e. The lowest BCUT2D eigenvalue weighted by Gasteiger charge is -2.37. The second-order valence-electron chi connectivity index (χ2n) is 6.67. The Bertz CT molecular complexity index is 356. The molecule has 3 aliphatic heterocycles. The standard InChI is InChI=1S/C16H29N3O3.2ClH/c20-16(11-15-13-22-10-3-17-15)19-6-4-18(5-7-19)12-14-1-8-21-9-2-14;;/h14-15,17H,1-13H2;2*1H. The van der Waals surface area contributed by atoms with Crippen molar-refractivity contribution in [3.05, 3.63) is 0 Å². The van der Waals surface area contributed by atoms with Crippen LogP contribution in [0, 0.1) is 5.92 Å². The summed E-state index contributed by atoms with van der Waals surface area (Å²) in [7, 11) is 0. The summed E-state index contributed by atoms with van der Waals surface area (Å²) in [5, 5.41) is 3.36. The normalized spacial score (nSPS) is 26.3. The van der Waals surface area contributed by atoms with Crippen LogP contribution in [-0.4, -0.2) is 87.4 Å². The van der Waals surface area contributed by atoms with Crippen LogP contribution in [0.5, 0.6) is 0 Å². The Morgan fingerprint density at radius 3 is 2.33 bits per heavy atom. The van der Waals surface area contributed by atoms with Crippen molar-refractivity contribution in [3.8, 4) is 0 Å². The number of rotatable bonds is 4. The number of piperazine rings is 1. The van der Waals surface area contributed by atoms with Crippen LogP contribution >= 0.6 is 24.8 Å². The highest BCUT2D eigenvalue weighted by Gasteiger charge is 2.26. The predicted molar refractivity (Wildman–Crippen MR) is 98.3 cm³/mol. The summed E-state index contributed by atoms with van der Waals surface area (Å²) in [5.41, 5.74) is 0. The molecule has 0 radical (unpaired) electrons. The molecular formula is C16H31Cl2N3O3. The Hall–Kier alpha value is -0.110. The maximum atomic E-state index is 12.4. The number of halogens is 2. The third-order valence-corrected chi connectivity index (χ3v) is 5.00. The van der Waals surface area contributed by atoms with Crippen molar-refractivity contribution in [2.45, 2.75) is 25.3 Å². The molecular weight excluding hydrogens is 353 g/mol. The van der Waals surface area contributed by atoms with Crippen LogP contribution in [0.2, 0.25) is 0 Å². The highest BCUT2D eigenvalue weighted by molar-refractivity contribution is 5.85. The molecule has 1 atom stereocenters. The lowest BCUT2D eigenvalue weighted by molar-refractivity contribution is -0.134. The Labute approximate surface area is 157 Å². The second-order valence-corrected chi connectivity index (χ2v) is 6.67. The van der Waals surface area contributed by atoms with Gasteiger partial charge in [0.05, 0.1) is 13.2 Å². The Morgan fingerprint density at radius 2 is 1.71 bits per heavy atom. The molecule has 24 heavy (non-hydrogen) atoms. The third-order valence-electron chi connectivity index (χ3n) is 5.00. The lowest BCUT2D eigenvalue weighted by Crippen LogP contribution is -2.52. The number of hydrogen-bond acceptors (Lipinski definition) is 5. The monoisotopic (exact) mass is 383 g/mol. The number of carbonyl (C=O) groups excluding carboxylic acids is 1. The summed E-state index contributed by atoms with van der Waals surface area (Å²) in [4.78, 5) is 16.9. The predicted octanol–water partition coefficient (Wildman–Crippen LogP) is 0.779. The second kappa shape index (κ2) is 11.5. The minimum atomic E-state index is 0. The minimum absolute atomic E-state index is 0. The molecule has 0 saturated carbocycles. The van der Waals surface area contributed by atoms with Gasteiger partial charge in [-0.05, 0) is 18.8 Å². The van der Waals surface area contributed by atoms with Crippen molar-refractivity contribution in [3.63, 3.8) is 0 Å². The maximum absolute atomic E-state index is 12.4. The number of hydrogen-bond donors (Lipinski definition) is 1. The number of morpholine rings is 1. The molecule has 0 aromatic heterocycles. The van der Waals surface area contributed by atoms with E-state index >= 15 is 0 Å². The number of carbonyl (C=O) groups is 1. The van der Waals surface area contributed by atoms with E-state index in [1.165, 1.54) is 19.4 Å². The van der Waals surface area contributed by atoms with Crippen LogP contribution < -0.4 is 5.32 Å². The highest BCUT2D eigenvalue weighted by Crippen LogP contribution is 2.17. The Morgan fingerprint density at radius 1 is 1.00 bits per heavy atom. The average molecular weight is 384 g/mol. The van der Waals surface area contributed by atoms with Crippen molar-refractivity contribution >= 4 is 30.7 Å². The zero-order valence-corrected chi connectivity index (χ0v) is 15.9. The number of nitrogens with one attached hydrogen (secondary N) is 1. The average Bonchev–Trinajstić information content (AvgIpc) is 2.57. The first-order chi connectivity index (χ1) is 10.8. The van der Waals surface area contributed by atoms with Crippen LogP contribution in [0.15, 0.2) is 0 Å². The van der Waals surface area contributed by atoms with Crippen molar-refractivity contribution in [1.29, 1.82) is 0 Å². The van der Waals surface area contributed by atoms with Gasteiger partial charge >= 0.3 is 0 Å². The molecule has 8 heteroatoms. The van der Waals surface area contributed by atoms with Gasteiger partial charge in [0.15, 0.2) is 0 Å². The molecule has 6 nitrogen and oxygen atoms in total. The molecule has 0 bridgehead atoms. The quantitative estimate of drug-likeness (QED) is 0.777. The highest BCUT2D eigenvalue weighted by atomic mass is 35.5. The molecule has 0 aromatic carbocycles. The summed E-state index contributed by atoms with van der Waals surface area (Å²) < 4.78 is 10.8. The SMILES string of the molecule is Cl.Cl.O=C(CC1COCCN1)N1CCN(CC2CCOCC2)CC1. The van der Waals surface area contributed by atoms with Crippen LogP contribution in [0.4, 0.5) is 0 Å². The van der Waals surface area contributed by atoms with E-state index in [1.54, 1.807) is 0 Å². The Balaban J connectivity index is 0.00000144. The van der Waals surface area contributed by atoms with Gasteiger partial charge in [0.2, 0.25) is 5.91 Å². The van der Waals surface area contributed by atoms with Gasteiger partial charge < -0.3 is 19.7 Å². The van der Waals surface area contributed by atoms with Crippen molar-refractivity contribution in [2.75, 3.05) is 65.7 Å². The van der Waals surface area contributed by atoms with Gasteiger partial charge in [-0.15, -0.1) is 24.8 Å². The molecule has 3 heterocycles. The third kappa shape index (κ3) is 6.65. The zero-order valence-electron chi connectivity index (χ0n) is 14.3. The van der Waals surface area contributed by atoms with E-state index in [2.05, 4.69) is 10.2 Å². The van der Waals surface area contributed by atoms with Crippen molar-refractivity contribution in [1.82, 2.24) is 15.1 Å². The Kier molecular flexibility index (Phi) is 10.5. The van der Waals surface area contributed by atoms with Crippen LogP contribution in [0.1, 0.15) is 19.3 Å². The molecule has 142 valence electrons. The van der Waals surface area contributed by atoms with Crippen LogP contribution in [0.25, 0.3) is 0 Å². The minimum Gasteiger partial charge on any atom is -0.381 e. The zero-order chi connectivity index (χ0) is 15.2. The fourth-order valence-electron chi connectivity index (χ4n) is 3.56. The summed E-state index contributed by atoms with van der Waals surface area (Å²) in [6.07, 6.45) is 2.94. The van der Waals surface area contributed by atoms with Crippen molar-refractivity contribution < 1.29 is 14.3 Å². The summed E-state index contributed by atoms with van der Waals surface area (Å²) in [5.74, 6) is 1.05. The van der Waals surface area contributed by atoms with Crippen LogP contribution in [-0.2, 0) is 14.3 Å². The lowest BCUT2D eigenvalue weighted by atomic mass is 9.99. The van der Waals surface area contributed by atoms with Gasteiger partial charge in [0.25, 0.3) is 0 Å². The molecule has 1 N–H and O–H groups in total. The first-order valence-corrected chi connectivity index (χ1v) is 8.70. The molecule has 3 saturated heterocycles. The van der Waals surface area contributed by atoms with E-state index in [0.29, 0.717) is 13.0 Å². The number of ether oxygens (including phenoxy) is 2. The molecule has 1 amide bonds. The van der Waals surface area contributed by atoms with E-state index in [9.17, 15) is 4.79 Å². The van der Waals surface area contributed by atoms with E-state index < -0.39 is 0 Å². The fourth-order valence-corrected chi connectivity index (χ4v) is 3.56. The summed E-state index contributed by atoms with van der Waals surface area (Å²) in [6, 6.07) is 0.196. The topological polar surface area (TPSA) is 54.0 Å². The molecule has 0 aliphatic carbocycles.